The molecule has 0 saturated carbocycles. The fourth-order valence-corrected chi connectivity index (χ4v) is 6.61. The number of aromatic nitrogens is 2. The Balaban J connectivity index is 2.06. The molecule has 0 saturated heterocycles. The van der Waals surface area contributed by atoms with E-state index >= 15 is 0 Å². The SMILES string of the molecule is O=c1c(N(S(=O)(=O)c2ccccc2)S(=O)(=O)c2ccccc2)cnc2ccccn12. The van der Waals surface area contributed by atoms with Gasteiger partial charge in [-0.25, -0.2) is 21.8 Å². The van der Waals surface area contributed by atoms with E-state index < -0.39 is 31.3 Å². The summed E-state index contributed by atoms with van der Waals surface area (Å²) in [6.07, 6.45) is 2.34. The predicted octanol–water partition coefficient (Wildman–Crippen LogP) is 2.28. The fourth-order valence-electron chi connectivity index (χ4n) is 2.91. The first-order valence-electron chi connectivity index (χ1n) is 8.70. The highest BCUT2D eigenvalue weighted by molar-refractivity contribution is 8.10. The lowest BCUT2D eigenvalue weighted by Gasteiger charge is -2.23. The number of hydrogen-bond donors (Lipinski definition) is 0. The van der Waals surface area contributed by atoms with Crippen molar-refractivity contribution in [2.75, 3.05) is 3.71 Å². The maximum absolute atomic E-state index is 13.4. The molecule has 0 aliphatic rings. The molecule has 0 atom stereocenters. The van der Waals surface area contributed by atoms with Crippen LogP contribution in [0.4, 0.5) is 5.69 Å². The third-order valence-electron chi connectivity index (χ3n) is 4.31. The maximum atomic E-state index is 13.4. The first-order chi connectivity index (χ1) is 14.3. The molecule has 0 N–H and O–H groups in total. The van der Waals surface area contributed by atoms with Gasteiger partial charge in [-0.15, -0.1) is 3.71 Å². The second kappa shape index (κ2) is 7.39. The number of sulfonamides is 2. The van der Waals surface area contributed by atoms with Gasteiger partial charge < -0.3 is 0 Å². The Morgan fingerprint density at radius 1 is 0.700 bits per heavy atom. The van der Waals surface area contributed by atoms with Crippen LogP contribution in [0.25, 0.3) is 5.65 Å². The van der Waals surface area contributed by atoms with Gasteiger partial charge in [-0.2, -0.15) is 0 Å². The van der Waals surface area contributed by atoms with Crippen molar-refractivity contribution in [3.8, 4) is 0 Å². The summed E-state index contributed by atoms with van der Waals surface area (Å²) in [6.45, 7) is 0. The summed E-state index contributed by atoms with van der Waals surface area (Å²) in [4.78, 5) is 16.6. The smallest absolute Gasteiger partial charge is 0.266 e. The third kappa shape index (κ3) is 3.25. The quantitative estimate of drug-likeness (QED) is 0.470. The van der Waals surface area contributed by atoms with Crippen molar-refractivity contribution in [1.29, 1.82) is 0 Å². The molecule has 0 unspecified atom stereocenters. The minimum Gasteiger partial charge on any atom is -0.266 e. The summed E-state index contributed by atoms with van der Waals surface area (Å²) in [6, 6.07) is 18.8. The minimum atomic E-state index is -4.66. The zero-order valence-corrected chi connectivity index (χ0v) is 17.0. The largest absolute Gasteiger partial charge is 0.283 e. The lowest BCUT2D eigenvalue weighted by Crippen LogP contribution is -2.41. The van der Waals surface area contributed by atoms with Gasteiger partial charge in [0.25, 0.3) is 25.6 Å². The molecule has 2 aromatic heterocycles. The second-order valence-corrected chi connectivity index (χ2v) is 10.0. The Morgan fingerprint density at radius 3 is 1.73 bits per heavy atom. The molecule has 30 heavy (non-hydrogen) atoms. The molecule has 8 nitrogen and oxygen atoms in total. The van der Waals surface area contributed by atoms with Gasteiger partial charge in [-0.1, -0.05) is 42.5 Å². The van der Waals surface area contributed by atoms with E-state index in [0.29, 0.717) is 0 Å². The Labute approximate surface area is 172 Å². The predicted molar refractivity (Wildman–Crippen MR) is 111 cm³/mol. The van der Waals surface area contributed by atoms with Gasteiger partial charge in [0.15, 0.2) is 5.69 Å². The van der Waals surface area contributed by atoms with Gasteiger partial charge in [0.05, 0.1) is 16.0 Å². The summed E-state index contributed by atoms with van der Waals surface area (Å²) < 4.78 is 54.9. The van der Waals surface area contributed by atoms with Gasteiger partial charge in [0.2, 0.25) is 0 Å². The molecule has 0 amide bonds. The molecule has 10 heteroatoms. The summed E-state index contributed by atoms with van der Waals surface area (Å²) in [5, 5.41) is 0. The van der Waals surface area contributed by atoms with Crippen molar-refractivity contribution in [3.63, 3.8) is 0 Å². The molecule has 0 bridgehead atoms. The van der Waals surface area contributed by atoms with Gasteiger partial charge in [-0.3, -0.25) is 9.20 Å². The number of rotatable bonds is 5. The lowest BCUT2D eigenvalue weighted by atomic mass is 10.4. The summed E-state index contributed by atoms with van der Waals surface area (Å²) in [5.41, 5.74) is -1.19. The Hall–Kier alpha value is -3.50. The van der Waals surface area contributed by atoms with Crippen LogP contribution in [-0.4, -0.2) is 26.2 Å². The molecule has 2 heterocycles. The van der Waals surface area contributed by atoms with E-state index in [4.69, 9.17) is 0 Å². The van der Waals surface area contributed by atoms with Crippen LogP contribution in [0.1, 0.15) is 0 Å². The summed E-state index contributed by atoms with van der Waals surface area (Å²) in [7, 11) is -9.32. The molecule has 0 spiro atoms. The lowest BCUT2D eigenvalue weighted by molar-refractivity contribution is 0.584. The van der Waals surface area contributed by atoms with Crippen LogP contribution in [0, 0.1) is 0 Å². The van der Waals surface area contributed by atoms with E-state index in [1.807, 2.05) is 0 Å². The van der Waals surface area contributed by atoms with Crippen LogP contribution >= 0.6 is 0 Å². The van der Waals surface area contributed by atoms with E-state index in [-0.39, 0.29) is 19.1 Å². The summed E-state index contributed by atoms with van der Waals surface area (Å²) in [5.74, 6) is 0. The van der Waals surface area contributed by atoms with Crippen molar-refractivity contribution in [2.45, 2.75) is 9.79 Å². The fraction of sp³-hybridized carbons (Fsp3) is 0. The zero-order valence-electron chi connectivity index (χ0n) is 15.4. The molecule has 152 valence electrons. The van der Waals surface area contributed by atoms with Crippen molar-refractivity contribution in [3.05, 3.63) is 102 Å². The topological polar surface area (TPSA) is 106 Å². The second-order valence-electron chi connectivity index (χ2n) is 6.21. The van der Waals surface area contributed by atoms with Crippen molar-refractivity contribution in [1.82, 2.24) is 9.38 Å². The van der Waals surface area contributed by atoms with E-state index in [1.54, 1.807) is 30.3 Å². The van der Waals surface area contributed by atoms with Crippen molar-refractivity contribution < 1.29 is 16.8 Å². The van der Waals surface area contributed by atoms with Gasteiger partial charge in [0, 0.05) is 6.20 Å². The highest BCUT2D eigenvalue weighted by Crippen LogP contribution is 2.28. The van der Waals surface area contributed by atoms with Crippen molar-refractivity contribution in [2.24, 2.45) is 0 Å². The van der Waals surface area contributed by atoms with Crippen LogP contribution in [0.3, 0.4) is 0 Å². The Bertz CT molecular complexity index is 1410. The Morgan fingerprint density at radius 2 is 1.20 bits per heavy atom. The van der Waals surface area contributed by atoms with Crippen LogP contribution < -0.4 is 9.27 Å². The van der Waals surface area contributed by atoms with Crippen LogP contribution in [0.2, 0.25) is 0 Å². The molecule has 0 radical (unpaired) electrons. The van der Waals surface area contributed by atoms with E-state index in [2.05, 4.69) is 4.98 Å². The number of hydrogen-bond acceptors (Lipinski definition) is 6. The number of pyridine rings is 1. The molecular weight excluding hydrogens is 426 g/mol. The normalized spacial score (nSPS) is 12.0. The third-order valence-corrected chi connectivity index (χ3v) is 8.49. The highest BCUT2D eigenvalue weighted by Gasteiger charge is 2.39. The van der Waals surface area contributed by atoms with Gasteiger partial charge in [-0.05, 0) is 36.4 Å². The molecule has 4 aromatic rings. The summed E-state index contributed by atoms with van der Waals surface area (Å²) >= 11 is 0. The zero-order chi connectivity index (χ0) is 21.4. The molecule has 0 aliphatic heterocycles. The number of nitrogens with zero attached hydrogens (tertiary/aromatic N) is 3. The molecule has 4 rings (SSSR count). The average Bonchev–Trinajstić information content (AvgIpc) is 2.77. The minimum absolute atomic E-state index is 0.152. The van der Waals surface area contributed by atoms with Crippen LogP contribution in [0.5, 0.6) is 0 Å². The van der Waals surface area contributed by atoms with Gasteiger partial charge >= 0.3 is 0 Å². The standard InChI is InChI=1S/C20H15N3O5S2/c24-20-18(15-21-19-13-7-8-14-22(19)20)23(29(25,26)16-9-3-1-4-10-16)30(27,28)17-11-5-2-6-12-17/h1-15H. The average molecular weight is 441 g/mol. The maximum Gasteiger partial charge on any atom is 0.283 e. The van der Waals surface area contributed by atoms with E-state index in [0.717, 1.165) is 10.6 Å². The molecular formula is C20H15N3O5S2. The van der Waals surface area contributed by atoms with E-state index in [9.17, 15) is 21.6 Å². The molecule has 0 fully saturated rings. The highest BCUT2D eigenvalue weighted by atomic mass is 32.3. The first kappa shape index (κ1) is 19.8. The van der Waals surface area contributed by atoms with E-state index in [1.165, 1.54) is 54.7 Å². The van der Waals surface area contributed by atoms with Crippen LogP contribution in [-0.2, 0) is 20.0 Å². The molecule has 2 aromatic carbocycles. The number of benzene rings is 2. The Kier molecular flexibility index (Phi) is 4.88. The number of anilines is 1. The van der Waals surface area contributed by atoms with Gasteiger partial charge in [0.1, 0.15) is 5.65 Å². The monoisotopic (exact) mass is 441 g/mol. The number of fused-ring (bicyclic) bond motifs is 1. The molecule has 0 aliphatic carbocycles. The first-order valence-corrected chi connectivity index (χ1v) is 11.6. The van der Waals surface area contributed by atoms with Crippen LogP contribution in [0.15, 0.2) is 106 Å². The van der Waals surface area contributed by atoms with Crippen molar-refractivity contribution >= 4 is 31.4 Å².